The van der Waals surface area contributed by atoms with E-state index in [0.717, 1.165) is 51.9 Å². The first kappa shape index (κ1) is 58.9. The van der Waals surface area contributed by atoms with Crippen LogP contribution in [0.25, 0.3) is 0 Å². The Morgan fingerprint density at radius 2 is 1.44 bits per heavy atom. The van der Waals surface area contributed by atoms with E-state index in [0.29, 0.717) is 105 Å². The highest BCUT2D eigenvalue weighted by atomic mass is 33.1. The van der Waals surface area contributed by atoms with Gasteiger partial charge in [-0.3, -0.25) is 28.8 Å². The molecule has 0 radical (unpaired) electrons. The Morgan fingerprint density at radius 3 is 2.11 bits per heavy atom. The average Bonchev–Trinajstić information content (AvgIpc) is 4.19. The number of ether oxygens (including phenoxy) is 7. The lowest BCUT2D eigenvalue weighted by molar-refractivity contribution is -0.119. The van der Waals surface area contributed by atoms with Gasteiger partial charge >= 0.3 is 0 Å². The van der Waals surface area contributed by atoms with Crippen LogP contribution in [0.4, 0.5) is 28.4 Å². The van der Waals surface area contributed by atoms with E-state index >= 15 is 0 Å². The summed E-state index contributed by atoms with van der Waals surface area (Å²) in [7, 11) is 2.93. The second kappa shape index (κ2) is 26.4. The summed E-state index contributed by atoms with van der Waals surface area (Å²) in [5.74, 6) is 0.653. The fraction of sp³-hybridized carbons (Fsp3) is 0.390. The van der Waals surface area contributed by atoms with Crippen molar-refractivity contribution in [3.63, 3.8) is 0 Å². The SMILES string of the molecule is C=CNC(=O)C(CCSSC(C)(C)CN(CCOCCOCCOC)c1cc(COc2cc3c(cc2OC)C(=O)N2c4ccccc4C[C@H]2C=N3)cc(COc2cc3c(cc2OC)C(=O)N2c4ccccc4C[C@H]2CN3)c1)S(=O)(=O)O. The van der Waals surface area contributed by atoms with E-state index in [1.807, 2.05) is 77.8 Å². The maximum Gasteiger partial charge on any atom is 0.276 e. The molecule has 9 rings (SSSR count). The highest BCUT2D eigenvalue weighted by Crippen LogP contribution is 2.44. The average molecular weight is 1170 g/mol. The predicted molar refractivity (Wildman–Crippen MR) is 317 cm³/mol. The molecule has 19 nitrogen and oxygen atoms in total. The standard InChI is InChI=1S/C59H68N6O13S3/c1-7-60-56(66)55(81(69,70)71)16-23-79-80-59(2,3)37-63(17-18-75-21-22-76-20-19-72-4)42-25-38(35-77-53-31-47-45(29-51(53)73-5)57(67)64-43(33-61-47)27-40-12-8-10-14-49(40)64)24-39(26-42)36-78-54-32-48-46(30-52(54)74-6)58(68)65-44(34-62-48)28-41-13-9-11-15-50(41)65/h7-15,24-26,29-33,43-44,55,62H,1,16-23,27-28,34-37H2,2-6H3,(H,60,66)(H,69,70,71)/t43-,44-,55?/m0/s1. The van der Waals surface area contributed by atoms with E-state index in [-0.39, 0.29) is 49.3 Å². The molecule has 0 spiro atoms. The fourth-order valence-corrected chi connectivity index (χ4v) is 13.9. The van der Waals surface area contributed by atoms with Crippen molar-refractivity contribution in [3.8, 4) is 23.0 Å². The first-order chi connectivity index (χ1) is 39.1. The van der Waals surface area contributed by atoms with Gasteiger partial charge in [-0.2, -0.15) is 8.42 Å². The molecule has 1 unspecified atom stereocenters. The smallest absolute Gasteiger partial charge is 0.276 e. The number of methoxy groups -OCH3 is 3. The molecule has 4 aliphatic heterocycles. The summed E-state index contributed by atoms with van der Waals surface area (Å²) in [5, 5.41) is 4.14. The van der Waals surface area contributed by atoms with Crippen molar-refractivity contribution in [2.45, 2.75) is 68.4 Å². The number of benzene rings is 5. The molecule has 0 fully saturated rings. The van der Waals surface area contributed by atoms with Gasteiger partial charge in [0.2, 0.25) is 5.91 Å². The quantitative estimate of drug-likeness (QED) is 0.0242. The molecule has 5 aromatic carbocycles. The van der Waals surface area contributed by atoms with E-state index in [4.69, 9.17) is 38.2 Å². The molecule has 0 saturated carbocycles. The van der Waals surface area contributed by atoms with Crippen molar-refractivity contribution in [2.75, 3.05) is 99.8 Å². The normalized spacial score (nSPS) is 16.4. The Kier molecular flexibility index (Phi) is 19.2. The third-order valence-electron chi connectivity index (χ3n) is 14.2. The second-order valence-corrected chi connectivity index (χ2v) is 25.1. The van der Waals surface area contributed by atoms with Crippen LogP contribution in [0.1, 0.15) is 63.2 Å². The third-order valence-corrected chi connectivity index (χ3v) is 18.7. The summed E-state index contributed by atoms with van der Waals surface area (Å²) in [6, 6.07) is 28.6. The Balaban J connectivity index is 1.00. The molecule has 3 atom stereocenters. The van der Waals surface area contributed by atoms with Gasteiger partial charge in [-0.05, 0) is 97.6 Å². The van der Waals surface area contributed by atoms with Crippen LogP contribution < -0.4 is 44.3 Å². The van der Waals surface area contributed by atoms with Gasteiger partial charge in [0.25, 0.3) is 21.9 Å². The van der Waals surface area contributed by atoms with Crippen molar-refractivity contribution >= 4 is 84.1 Å². The number of nitrogens with zero attached hydrogens (tertiary/aromatic N) is 4. The number of nitrogens with one attached hydrogen (secondary N) is 2. The van der Waals surface area contributed by atoms with Gasteiger partial charge in [0.15, 0.2) is 28.2 Å². The second-order valence-electron chi connectivity index (χ2n) is 20.4. The molecule has 430 valence electrons. The minimum atomic E-state index is -4.67. The highest BCUT2D eigenvalue weighted by molar-refractivity contribution is 8.77. The van der Waals surface area contributed by atoms with E-state index in [2.05, 4.69) is 42.0 Å². The zero-order valence-electron chi connectivity index (χ0n) is 46.0. The Labute approximate surface area is 480 Å². The van der Waals surface area contributed by atoms with Crippen LogP contribution in [0.2, 0.25) is 0 Å². The van der Waals surface area contributed by atoms with E-state index in [9.17, 15) is 27.4 Å². The van der Waals surface area contributed by atoms with Gasteiger partial charge in [-0.1, -0.05) is 64.6 Å². The number of para-hydroxylation sites is 2. The number of carbonyl (C=O) groups is 3. The van der Waals surface area contributed by atoms with Gasteiger partial charge in [0.05, 0.1) is 81.8 Å². The molecule has 0 aromatic heterocycles. The summed E-state index contributed by atoms with van der Waals surface area (Å²) in [5.41, 5.74) is 8.30. The number of rotatable bonds is 28. The minimum absolute atomic E-state index is 0.0597. The van der Waals surface area contributed by atoms with Gasteiger partial charge in [0.1, 0.15) is 13.2 Å². The Hall–Kier alpha value is -6.79. The molecule has 4 aliphatic rings. The van der Waals surface area contributed by atoms with Crippen LogP contribution in [0.3, 0.4) is 0 Å². The molecular weight excluding hydrogens is 1100 g/mol. The summed E-state index contributed by atoms with van der Waals surface area (Å²) in [6.45, 7) is 11.1. The van der Waals surface area contributed by atoms with Crippen LogP contribution in [-0.2, 0) is 55.2 Å². The van der Waals surface area contributed by atoms with E-state index in [1.54, 1.807) is 37.3 Å². The van der Waals surface area contributed by atoms with Gasteiger partial charge in [0, 0.05) is 79.1 Å². The number of amides is 3. The largest absolute Gasteiger partial charge is 0.493 e. The number of hydrogen-bond acceptors (Lipinski definition) is 17. The van der Waals surface area contributed by atoms with Crippen molar-refractivity contribution < 1.29 is 60.5 Å². The molecule has 3 amide bonds. The zero-order valence-corrected chi connectivity index (χ0v) is 48.5. The number of anilines is 4. The number of fused-ring (bicyclic) bond motifs is 8. The van der Waals surface area contributed by atoms with Gasteiger partial charge in [-0.25, -0.2) is 0 Å². The number of aliphatic imine (C=N–C) groups is 1. The molecule has 0 bridgehead atoms. The van der Waals surface area contributed by atoms with E-state index < -0.39 is 26.0 Å². The maximum absolute atomic E-state index is 14.3. The van der Waals surface area contributed by atoms with Gasteiger partial charge < -0.3 is 53.6 Å². The summed E-state index contributed by atoms with van der Waals surface area (Å²) in [6.07, 6.45) is 4.16. The predicted octanol–water partition coefficient (Wildman–Crippen LogP) is 8.70. The molecule has 0 aliphatic carbocycles. The lowest BCUT2D eigenvalue weighted by atomic mass is 10.1. The Bertz CT molecular complexity index is 3270. The molecule has 4 heterocycles. The summed E-state index contributed by atoms with van der Waals surface area (Å²) < 4.78 is 75.7. The first-order valence-electron chi connectivity index (χ1n) is 26.6. The molecule has 3 N–H and O–H groups in total. The van der Waals surface area contributed by atoms with Crippen molar-refractivity contribution in [2.24, 2.45) is 4.99 Å². The monoisotopic (exact) mass is 1160 g/mol. The van der Waals surface area contributed by atoms with Crippen molar-refractivity contribution in [1.82, 2.24) is 5.32 Å². The van der Waals surface area contributed by atoms with Crippen LogP contribution in [-0.4, -0.2) is 139 Å². The summed E-state index contributed by atoms with van der Waals surface area (Å²) >= 11 is 0. The Morgan fingerprint density at radius 1 is 0.827 bits per heavy atom. The van der Waals surface area contributed by atoms with Crippen molar-refractivity contribution in [1.29, 1.82) is 0 Å². The van der Waals surface area contributed by atoms with Crippen LogP contribution in [0, 0.1) is 0 Å². The van der Waals surface area contributed by atoms with Crippen LogP contribution >= 0.6 is 21.6 Å². The molecule has 81 heavy (non-hydrogen) atoms. The molecule has 5 aromatic rings. The molecule has 22 heteroatoms. The van der Waals surface area contributed by atoms with E-state index in [1.165, 1.54) is 28.7 Å². The molecule has 0 saturated heterocycles. The number of carbonyl (C=O) groups excluding carboxylic acids is 3. The third kappa shape index (κ3) is 13.9. The zero-order chi connectivity index (χ0) is 57.3. The summed E-state index contributed by atoms with van der Waals surface area (Å²) in [4.78, 5) is 51.7. The van der Waals surface area contributed by atoms with Crippen molar-refractivity contribution in [3.05, 3.63) is 137 Å². The fourth-order valence-electron chi connectivity index (χ4n) is 10.4. The van der Waals surface area contributed by atoms with Gasteiger partial charge in [-0.15, -0.1) is 0 Å². The van der Waals surface area contributed by atoms with Crippen LogP contribution in [0.5, 0.6) is 23.0 Å². The maximum atomic E-state index is 14.3. The lowest BCUT2D eigenvalue weighted by Crippen LogP contribution is -2.39. The number of hydrogen-bond donors (Lipinski definition) is 3. The first-order valence-corrected chi connectivity index (χ1v) is 30.4. The topological polar surface area (TPSA) is 216 Å². The minimum Gasteiger partial charge on any atom is -0.493 e. The molecular formula is C59H68N6O13S3. The lowest BCUT2D eigenvalue weighted by Gasteiger charge is -2.34. The van der Waals surface area contributed by atoms with Crippen LogP contribution in [0.15, 0.2) is 109 Å². The highest BCUT2D eigenvalue weighted by Gasteiger charge is 2.39.